The molecule has 0 spiro atoms. The number of Topliss-reactive ketones (excluding diaryl/α,β-unsaturated/α-hetero) is 1. The number of rotatable bonds is 11. The Morgan fingerprint density at radius 3 is 2.48 bits per heavy atom. The largest absolute Gasteiger partial charge is 0.490 e. The molecule has 0 aliphatic carbocycles. The Hall–Kier alpha value is -2.17. The molecule has 0 amide bonds. The zero-order chi connectivity index (χ0) is 19.7. The zero-order valence-electron chi connectivity index (χ0n) is 16.6. The van der Waals surface area contributed by atoms with Gasteiger partial charge in [0.1, 0.15) is 18.5 Å². The molecule has 146 valence electrons. The fourth-order valence-electron chi connectivity index (χ4n) is 2.62. The Kier molecular flexibility index (Phi) is 8.01. The van der Waals surface area contributed by atoms with Crippen molar-refractivity contribution in [1.82, 2.24) is 5.32 Å². The van der Waals surface area contributed by atoms with Crippen LogP contribution in [0.2, 0.25) is 0 Å². The van der Waals surface area contributed by atoms with Crippen LogP contribution >= 0.6 is 0 Å². The van der Waals surface area contributed by atoms with Gasteiger partial charge in [0.2, 0.25) is 0 Å². The summed E-state index contributed by atoms with van der Waals surface area (Å²) in [6.07, 6.45) is 1.47. The first kappa shape index (κ1) is 21.1. The van der Waals surface area contributed by atoms with Gasteiger partial charge in [0.25, 0.3) is 0 Å². The number of para-hydroxylation sites is 1. The van der Waals surface area contributed by atoms with Gasteiger partial charge in [-0.2, -0.15) is 0 Å². The van der Waals surface area contributed by atoms with Crippen molar-refractivity contribution in [2.75, 3.05) is 13.2 Å². The van der Waals surface area contributed by atoms with Crippen molar-refractivity contribution in [3.63, 3.8) is 0 Å². The van der Waals surface area contributed by atoms with Gasteiger partial charge in [0.05, 0.1) is 5.56 Å². The van der Waals surface area contributed by atoms with Crippen molar-refractivity contribution >= 4 is 5.78 Å². The van der Waals surface area contributed by atoms with E-state index < -0.39 is 6.10 Å². The van der Waals surface area contributed by atoms with Gasteiger partial charge < -0.3 is 15.2 Å². The van der Waals surface area contributed by atoms with Crippen LogP contribution in [-0.2, 0) is 6.42 Å². The summed E-state index contributed by atoms with van der Waals surface area (Å²) in [6.45, 7) is 6.90. The van der Waals surface area contributed by atoms with Crippen LogP contribution < -0.4 is 10.1 Å². The number of carbonyl (C=O) groups is 1. The summed E-state index contributed by atoms with van der Waals surface area (Å²) in [4.78, 5) is 12.6. The molecule has 0 unspecified atom stereocenters. The molecule has 0 saturated carbocycles. The van der Waals surface area contributed by atoms with Gasteiger partial charge in [0.15, 0.2) is 5.78 Å². The maximum absolute atomic E-state index is 12.6. The van der Waals surface area contributed by atoms with E-state index in [0.29, 0.717) is 30.7 Å². The molecular formula is C23H31NO3. The van der Waals surface area contributed by atoms with Gasteiger partial charge in [-0.05, 0) is 44.4 Å². The van der Waals surface area contributed by atoms with Crippen molar-refractivity contribution in [2.24, 2.45) is 0 Å². The smallest absolute Gasteiger partial charge is 0.166 e. The molecule has 0 aliphatic rings. The van der Waals surface area contributed by atoms with Gasteiger partial charge in [0, 0.05) is 18.5 Å². The molecule has 2 aromatic carbocycles. The molecule has 1 atom stereocenters. The van der Waals surface area contributed by atoms with E-state index in [9.17, 15) is 9.90 Å². The SMILES string of the molecule is CCC(C)(C)NC[C@H](O)COc1ccccc1C(=O)CCc1ccccc1. The maximum atomic E-state index is 12.6. The normalized spacial score (nSPS) is 12.6. The van der Waals surface area contributed by atoms with Gasteiger partial charge in [-0.15, -0.1) is 0 Å². The topological polar surface area (TPSA) is 58.6 Å². The highest BCUT2D eigenvalue weighted by atomic mass is 16.5. The molecule has 0 bridgehead atoms. The summed E-state index contributed by atoms with van der Waals surface area (Å²) in [5, 5.41) is 13.5. The number of hydrogen-bond donors (Lipinski definition) is 2. The van der Waals surface area contributed by atoms with E-state index in [1.54, 1.807) is 12.1 Å². The molecule has 2 rings (SSSR count). The molecule has 27 heavy (non-hydrogen) atoms. The Labute approximate surface area is 162 Å². The standard InChI is InChI=1S/C23H31NO3/c1-4-23(2,3)24-16-19(25)17-27-22-13-9-8-12-20(22)21(26)15-14-18-10-6-5-7-11-18/h5-13,19,24-25H,4,14-17H2,1-3H3/t19-/m0/s1. The average Bonchev–Trinajstić information content (AvgIpc) is 2.70. The van der Waals surface area contributed by atoms with Crippen LogP contribution in [0.1, 0.15) is 49.5 Å². The van der Waals surface area contributed by atoms with Crippen LogP contribution in [-0.4, -0.2) is 35.7 Å². The Morgan fingerprint density at radius 2 is 1.78 bits per heavy atom. The van der Waals surface area contributed by atoms with Gasteiger partial charge in [-0.25, -0.2) is 0 Å². The van der Waals surface area contributed by atoms with Crippen LogP contribution in [0.25, 0.3) is 0 Å². The highest BCUT2D eigenvalue weighted by Gasteiger charge is 2.17. The summed E-state index contributed by atoms with van der Waals surface area (Å²) < 4.78 is 5.76. The third-order valence-electron chi connectivity index (χ3n) is 4.80. The fourth-order valence-corrected chi connectivity index (χ4v) is 2.62. The van der Waals surface area contributed by atoms with Crippen LogP contribution in [0.5, 0.6) is 5.75 Å². The molecule has 2 aromatic rings. The predicted molar refractivity (Wildman–Crippen MR) is 109 cm³/mol. The minimum atomic E-state index is -0.636. The van der Waals surface area contributed by atoms with Gasteiger partial charge in [-0.3, -0.25) is 4.79 Å². The minimum Gasteiger partial charge on any atom is -0.490 e. The fraction of sp³-hybridized carbons (Fsp3) is 0.435. The molecule has 0 heterocycles. The third-order valence-corrected chi connectivity index (χ3v) is 4.80. The zero-order valence-corrected chi connectivity index (χ0v) is 16.6. The Bertz CT molecular complexity index is 713. The Morgan fingerprint density at radius 1 is 1.11 bits per heavy atom. The van der Waals surface area contributed by atoms with Crippen molar-refractivity contribution in [2.45, 2.75) is 51.7 Å². The van der Waals surface area contributed by atoms with E-state index in [-0.39, 0.29) is 17.9 Å². The van der Waals surface area contributed by atoms with Crippen LogP contribution in [0.4, 0.5) is 0 Å². The van der Waals surface area contributed by atoms with Gasteiger partial charge in [-0.1, -0.05) is 49.4 Å². The highest BCUT2D eigenvalue weighted by Crippen LogP contribution is 2.21. The number of benzene rings is 2. The summed E-state index contributed by atoms with van der Waals surface area (Å²) in [6, 6.07) is 17.2. The first-order chi connectivity index (χ1) is 12.9. The number of carbonyl (C=O) groups excluding carboxylic acids is 1. The predicted octanol–water partition coefficient (Wildman–Crippen LogP) is 4.02. The maximum Gasteiger partial charge on any atom is 0.166 e. The molecule has 0 saturated heterocycles. The molecular weight excluding hydrogens is 338 g/mol. The lowest BCUT2D eigenvalue weighted by atomic mass is 10.0. The second-order valence-corrected chi connectivity index (χ2v) is 7.49. The molecule has 0 radical (unpaired) electrons. The molecule has 2 N–H and O–H groups in total. The van der Waals surface area contributed by atoms with Gasteiger partial charge >= 0.3 is 0 Å². The minimum absolute atomic E-state index is 0.0215. The summed E-state index contributed by atoms with van der Waals surface area (Å²) in [5.41, 5.74) is 1.69. The first-order valence-electron chi connectivity index (χ1n) is 9.63. The van der Waals surface area contributed by atoms with Crippen LogP contribution in [0.3, 0.4) is 0 Å². The van der Waals surface area contributed by atoms with Crippen molar-refractivity contribution in [1.29, 1.82) is 0 Å². The first-order valence-corrected chi connectivity index (χ1v) is 9.63. The number of β-amino-alcohol motifs (C(OH)–C–C–N with tert-alkyl or cyclic N) is 1. The lowest BCUT2D eigenvalue weighted by Crippen LogP contribution is -2.44. The van der Waals surface area contributed by atoms with Crippen molar-refractivity contribution in [3.8, 4) is 5.75 Å². The highest BCUT2D eigenvalue weighted by molar-refractivity contribution is 5.98. The van der Waals surface area contributed by atoms with E-state index in [1.807, 2.05) is 42.5 Å². The number of aliphatic hydroxyl groups excluding tert-OH is 1. The van der Waals surface area contributed by atoms with E-state index in [4.69, 9.17) is 4.74 Å². The van der Waals surface area contributed by atoms with E-state index in [2.05, 4.69) is 26.1 Å². The van der Waals surface area contributed by atoms with Crippen LogP contribution in [0, 0.1) is 0 Å². The van der Waals surface area contributed by atoms with E-state index >= 15 is 0 Å². The monoisotopic (exact) mass is 369 g/mol. The quantitative estimate of drug-likeness (QED) is 0.588. The number of nitrogens with one attached hydrogen (secondary N) is 1. The number of aryl methyl sites for hydroxylation is 1. The molecule has 0 fully saturated rings. The van der Waals surface area contributed by atoms with E-state index in [0.717, 1.165) is 12.0 Å². The molecule has 4 nitrogen and oxygen atoms in total. The second-order valence-electron chi connectivity index (χ2n) is 7.49. The van der Waals surface area contributed by atoms with E-state index in [1.165, 1.54) is 0 Å². The number of ether oxygens (including phenoxy) is 1. The molecule has 0 aromatic heterocycles. The lowest BCUT2D eigenvalue weighted by Gasteiger charge is -2.26. The lowest BCUT2D eigenvalue weighted by molar-refractivity contribution is 0.0927. The number of aliphatic hydroxyl groups is 1. The number of hydrogen-bond acceptors (Lipinski definition) is 4. The molecule has 0 aliphatic heterocycles. The summed E-state index contributed by atoms with van der Waals surface area (Å²) in [5.74, 6) is 0.582. The van der Waals surface area contributed by atoms with Crippen molar-refractivity contribution in [3.05, 3.63) is 65.7 Å². The van der Waals surface area contributed by atoms with Crippen molar-refractivity contribution < 1.29 is 14.6 Å². The summed E-state index contributed by atoms with van der Waals surface area (Å²) in [7, 11) is 0. The summed E-state index contributed by atoms with van der Waals surface area (Å²) >= 11 is 0. The molecule has 4 heteroatoms. The Balaban J connectivity index is 1.89. The number of ketones is 1. The average molecular weight is 370 g/mol. The third kappa shape index (κ3) is 7.16. The van der Waals surface area contributed by atoms with Crippen LogP contribution in [0.15, 0.2) is 54.6 Å². The second kappa shape index (κ2) is 10.2.